The minimum atomic E-state index is 0.376. The first-order valence-electron chi connectivity index (χ1n) is 14.4. The van der Waals surface area contributed by atoms with Gasteiger partial charge in [-0.25, -0.2) is 10.2 Å². The Morgan fingerprint density at radius 2 is 1.09 bits per heavy atom. The molecule has 14 heteroatoms. The van der Waals surface area contributed by atoms with E-state index >= 15 is 0 Å². The summed E-state index contributed by atoms with van der Waals surface area (Å²) in [4.78, 5) is 8.31. The molecule has 0 aliphatic carbocycles. The third kappa shape index (κ3) is 7.36. The van der Waals surface area contributed by atoms with Crippen molar-refractivity contribution in [2.24, 2.45) is 10.2 Å². The minimum Gasteiger partial charge on any atom is -0.493 e. The molecule has 0 spiro atoms. The largest absolute Gasteiger partial charge is 0.493 e. The quantitative estimate of drug-likeness (QED) is 0.0844. The Morgan fingerprint density at radius 1 is 0.630 bits per heavy atom. The van der Waals surface area contributed by atoms with E-state index in [9.17, 15) is 0 Å². The number of rotatable bonds is 13. The zero-order chi connectivity index (χ0) is 31.6. The molecular weight excluding hydrogens is 621 g/mol. The molecule has 0 aliphatic rings. The molecular formula is C32H28N10O2S2. The van der Waals surface area contributed by atoms with Crippen molar-refractivity contribution in [1.29, 1.82) is 0 Å². The molecule has 0 fully saturated rings. The van der Waals surface area contributed by atoms with Gasteiger partial charge >= 0.3 is 0 Å². The Bertz CT molecular complexity index is 1920. The number of nitrogens with one attached hydrogen (secondary N) is 2. The SMILES string of the molecule is S=c1[nH]nc(-c2cccnc2)n1/N=C\c1ccccc1OCCCCOc1ccccc1/C=N\n1c(-c2cccnc2)n[nH]c1=S. The fraction of sp³-hybridized carbons (Fsp3) is 0.125. The molecule has 0 saturated carbocycles. The molecule has 0 atom stereocenters. The van der Waals surface area contributed by atoms with E-state index in [2.05, 4.69) is 40.6 Å². The third-order valence-electron chi connectivity index (χ3n) is 6.66. The zero-order valence-electron chi connectivity index (χ0n) is 24.4. The van der Waals surface area contributed by atoms with Crippen LogP contribution in [0.3, 0.4) is 0 Å². The summed E-state index contributed by atoms with van der Waals surface area (Å²) in [7, 11) is 0. The molecule has 6 rings (SSSR count). The fourth-order valence-electron chi connectivity index (χ4n) is 4.41. The van der Waals surface area contributed by atoms with E-state index in [1.807, 2.05) is 72.8 Å². The molecule has 12 nitrogen and oxygen atoms in total. The molecule has 2 aromatic carbocycles. The lowest BCUT2D eigenvalue weighted by atomic mass is 10.2. The minimum absolute atomic E-state index is 0.376. The van der Waals surface area contributed by atoms with Gasteiger partial charge in [-0.1, -0.05) is 24.3 Å². The number of aromatic nitrogens is 8. The predicted octanol–water partition coefficient (Wildman–Crippen LogP) is 6.32. The van der Waals surface area contributed by atoms with Crippen molar-refractivity contribution in [2.45, 2.75) is 12.8 Å². The van der Waals surface area contributed by atoms with Gasteiger partial charge in [-0.3, -0.25) is 9.97 Å². The van der Waals surface area contributed by atoms with E-state index in [0.717, 1.165) is 46.6 Å². The molecule has 0 unspecified atom stereocenters. The number of ether oxygens (including phenoxy) is 2. The van der Waals surface area contributed by atoms with Gasteiger partial charge < -0.3 is 9.47 Å². The van der Waals surface area contributed by atoms with Crippen LogP contribution in [0, 0.1) is 9.54 Å². The summed E-state index contributed by atoms with van der Waals surface area (Å²) in [6, 6.07) is 22.9. The summed E-state index contributed by atoms with van der Waals surface area (Å²) in [6.45, 7) is 1.03. The van der Waals surface area contributed by atoms with E-state index in [0.29, 0.717) is 34.4 Å². The first-order valence-corrected chi connectivity index (χ1v) is 15.2. The van der Waals surface area contributed by atoms with Crippen molar-refractivity contribution in [1.82, 2.24) is 39.7 Å². The Balaban J connectivity index is 1.03. The second-order valence-corrected chi connectivity index (χ2v) is 10.6. The fourth-order valence-corrected chi connectivity index (χ4v) is 4.77. The van der Waals surface area contributed by atoms with Gasteiger partial charge in [0.15, 0.2) is 11.6 Å². The number of aromatic amines is 2. The van der Waals surface area contributed by atoms with Crippen LogP contribution in [-0.4, -0.2) is 65.4 Å². The van der Waals surface area contributed by atoms with Crippen LogP contribution in [0.15, 0.2) is 108 Å². The van der Waals surface area contributed by atoms with Gasteiger partial charge in [-0.05, 0) is 85.8 Å². The monoisotopic (exact) mass is 648 g/mol. The number of para-hydroxylation sites is 2. The Kier molecular flexibility index (Phi) is 9.87. The van der Waals surface area contributed by atoms with Crippen molar-refractivity contribution >= 4 is 36.9 Å². The van der Waals surface area contributed by atoms with Crippen LogP contribution < -0.4 is 9.47 Å². The number of benzene rings is 2. The van der Waals surface area contributed by atoms with Crippen LogP contribution in [0.5, 0.6) is 11.5 Å². The van der Waals surface area contributed by atoms with E-state index in [-0.39, 0.29) is 0 Å². The lowest BCUT2D eigenvalue weighted by Gasteiger charge is -2.11. The molecule has 4 aromatic heterocycles. The summed E-state index contributed by atoms with van der Waals surface area (Å²) in [5.74, 6) is 2.58. The van der Waals surface area contributed by atoms with Crippen LogP contribution >= 0.6 is 24.4 Å². The average molecular weight is 649 g/mol. The van der Waals surface area contributed by atoms with Crippen LogP contribution in [0.25, 0.3) is 22.8 Å². The molecule has 0 bridgehead atoms. The van der Waals surface area contributed by atoms with Gasteiger partial charge in [0.2, 0.25) is 9.54 Å². The molecule has 2 N–H and O–H groups in total. The summed E-state index contributed by atoms with van der Waals surface area (Å²) in [5, 5.41) is 23.3. The Hall–Kier alpha value is -5.60. The lowest BCUT2D eigenvalue weighted by molar-refractivity contribution is 0.266. The van der Waals surface area contributed by atoms with Crippen LogP contribution in [0.1, 0.15) is 24.0 Å². The maximum absolute atomic E-state index is 6.10. The smallest absolute Gasteiger partial charge is 0.216 e. The summed E-state index contributed by atoms with van der Waals surface area (Å²) < 4.78 is 16.1. The van der Waals surface area contributed by atoms with E-state index < -0.39 is 0 Å². The van der Waals surface area contributed by atoms with Gasteiger partial charge in [0, 0.05) is 47.0 Å². The van der Waals surface area contributed by atoms with Crippen molar-refractivity contribution in [2.75, 3.05) is 13.2 Å². The maximum atomic E-state index is 6.10. The van der Waals surface area contributed by atoms with Crippen molar-refractivity contribution in [3.05, 3.63) is 118 Å². The number of pyridine rings is 2. The summed E-state index contributed by atoms with van der Waals surface area (Å²) in [5.41, 5.74) is 3.23. The highest BCUT2D eigenvalue weighted by Gasteiger charge is 2.10. The van der Waals surface area contributed by atoms with Gasteiger partial charge in [-0.2, -0.15) is 29.8 Å². The number of H-pyrrole nitrogens is 2. The summed E-state index contributed by atoms with van der Waals surface area (Å²) >= 11 is 10.8. The first-order chi connectivity index (χ1) is 22.7. The molecule has 0 saturated heterocycles. The molecule has 0 amide bonds. The standard InChI is InChI=1S/C32H28N10O2S2/c45-31-39-37-29(25-11-7-15-33-19-25)41(31)35-21-23-9-1-3-13-27(23)43-17-5-6-18-44-28-14-4-2-10-24(28)22-36-42-30(38-40-32(42)46)26-12-8-16-34-20-26/h1-4,7-16,19-22H,5-6,17-18H2,(H,39,45)(H,40,46)/b35-21-,36-22-. The van der Waals surface area contributed by atoms with Crippen LogP contribution in [-0.2, 0) is 0 Å². The van der Waals surface area contributed by atoms with Crippen LogP contribution in [0.4, 0.5) is 0 Å². The third-order valence-corrected chi connectivity index (χ3v) is 7.19. The highest BCUT2D eigenvalue weighted by Crippen LogP contribution is 2.21. The highest BCUT2D eigenvalue weighted by molar-refractivity contribution is 7.71. The molecule has 0 aliphatic heterocycles. The van der Waals surface area contributed by atoms with Crippen molar-refractivity contribution in [3.63, 3.8) is 0 Å². The number of hydrogen-bond acceptors (Lipinski definition) is 10. The van der Waals surface area contributed by atoms with E-state index in [1.165, 1.54) is 0 Å². The topological polar surface area (TPSA) is 136 Å². The average Bonchev–Trinajstić information content (AvgIpc) is 3.67. The predicted molar refractivity (Wildman–Crippen MR) is 180 cm³/mol. The van der Waals surface area contributed by atoms with E-state index in [1.54, 1.807) is 46.6 Å². The Morgan fingerprint density at radius 3 is 1.52 bits per heavy atom. The maximum Gasteiger partial charge on any atom is 0.216 e. The Labute approximate surface area is 274 Å². The number of nitrogens with zero attached hydrogens (tertiary/aromatic N) is 8. The highest BCUT2D eigenvalue weighted by atomic mass is 32.1. The van der Waals surface area contributed by atoms with E-state index in [4.69, 9.17) is 33.9 Å². The molecule has 4 heterocycles. The normalized spacial score (nSPS) is 11.4. The number of unbranched alkanes of at least 4 members (excludes halogenated alkanes) is 1. The second-order valence-electron chi connectivity index (χ2n) is 9.78. The van der Waals surface area contributed by atoms with Gasteiger partial charge in [0.1, 0.15) is 11.5 Å². The van der Waals surface area contributed by atoms with Crippen molar-refractivity contribution in [3.8, 4) is 34.3 Å². The molecule has 6 aromatic rings. The number of hydrogen-bond donors (Lipinski definition) is 2. The molecule has 230 valence electrons. The van der Waals surface area contributed by atoms with Crippen LogP contribution in [0.2, 0.25) is 0 Å². The lowest BCUT2D eigenvalue weighted by Crippen LogP contribution is -2.05. The molecule has 46 heavy (non-hydrogen) atoms. The first kappa shape index (κ1) is 30.4. The summed E-state index contributed by atoms with van der Waals surface area (Å²) in [6.07, 6.45) is 11.8. The van der Waals surface area contributed by atoms with Gasteiger partial charge in [0.25, 0.3) is 0 Å². The van der Waals surface area contributed by atoms with Gasteiger partial charge in [0.05, 0.1) is 25.6 Å². The second kappa shape index (κ2) is 14.9. The van der Waals surface area contributed by atoms with Crippen molar-refractivity contribution < 1.29 is 9.47 Å². The van der Waals surface area contributed by atoms with Gasteiger partial charge in [-0.15, -0.1) is 0 Å². The molecule has 0 radical (unpaired) electrons. The zero-order valence-corrected chi connectivity index (χ0v) is 26.1.